The maximum Gasteiger partial charge on any atom is 0.246 e. The highest BCUT2D eigenvalue weighted by atomic mass is 32.2. The number of carbonyl (C=O) groups excluding carboxylic acids is 2. The molecule has 0 spiro atoms. The number of carbonyl (C=O) groups is 2. The highest BCUT2D eigenvalue weighted by molar-refractivity contribution is 8.01. The third kappa shape index (κ3) is 2.04. The van der Waals surface area contributed by atoms with Crippen LogP contribution in [0.4, 0.5) is 0 Å². The Morgan fingerprint density at radius 2 is 2.20 bits per heavy atom. The highest BCUT2D eigenvalue weighted by Gasteiger charge is 2.54. The first-order chi connectivity index (χ1) is 9.38. The molecule has 0 aromatic heterocycles. The van der Waals surface area contributed by atoms with E-state index in [2.05, 4.69) is 13.8 Å². The fraction of sp³-hybridized carbons (Fsp3) is 0.857. The molecule has 3 atom stereocenters. The topological polar surface area (TPSA) is 66.6 Å². The van der Waals surface area contributed by atoms with Gasteiger partial charge in [-0.3, -0.25) is 9.59 Å². The van der Waals surface area contributed by atoms with Gasteiger partial charge in [-0.05, 0) is 31.7 Å². The number of amides is 2. The van der Waals surface area contributed by atoms with Gasteiger partial charge in [0, 0.05) is 25.3 Å². The van der Waals surface area contributed by atoms with Gasteiger partial charge in [0.25, 0.3) is 0 Å². The Morgan fingerprint density at radius 1 is 1.45 bits per heavy atom. The van der Waals surface area contributed by atoms with Gasteiger partial charge >= 0.3 is 0 Å². The smallest absolute Gasteiger partial charge is 0.246 e. The number of hydrogen-bond acceptors (Lipinski definition) is 4. The van der Waals surface area contributed by atoms with Gasteiger partial charge in [0.1, 0.15) is 6.04 Å². The number of nitrogens with zero attached hydrogens (tertiary/aromatic N) is 2. The predicted molar refractivity (Wildman–Crippen MR) is 79.1 cm³/mol. The molecule has 0 bridgehead atoms. The van der Waals surface area contributed by atoms with E-state index in [9.17, 15) is 9.59 Å². The Bertz CT molecular complexity index is 458. The van der Waals surface area contributed by atoms with Crippen molar-refractivity contribution in [2.45, 2.75) is 44.0 Å². The summed E-state index contributed by atoms with van der Waals surface area (Å²) >= 11 is 1.75. The molecule has 0 radical (unpaired) electrons. The quantitative estimate of drug-likeness (QED) is 0.812. The Hall–Kier alpha value is -0.750. The lowest BCUT2D eigenvalue weighted by Gasteiger charge is -2.32. The van der Waals surface area contributed by atoms with Gasteiger partial charge in [-0.2, -0.15) is 0 Å². The monoisotopic (exact) mass is 297 g/mol. The summed E-state index contributed by atoms with van der Waals surface area (Å²) in [4.78, 5) is 28.5. The summed E-state index contributed by atoms with van der Waals surface area (Å²) in [6.45, 7) is 6.32. The molecule has 0 aromatic carbocycles. The van der Waals surface area contributed by atoms with Crippen LogP contribution >= 0.6 is 11.8 Å². The summed E-state index contributed by atoms with van der Waals surface area (Å²) in [6, 6.07) is -0.264. The van der Waals surface area contributed by atoms with Crippen molar-refractivity contribution in [2.24, 2.45) is 11.1 Å². The van der Waals surface area contributed by atoms with Crippen LogP contribution in [0.2, 0.25) is 0 Å². The molecule has 3 rings (SSSR count). The van der Waals surface area contributed by atoms with Crippen molar-refractivity contribution in [1.29, 1.82) is 0 Å². The molecule has 0 saturated carbocycles. The largest absolute Gasteiger partial charge is 0.340 e. The minimum Gasteiger partial charge on any atom is -0.340 e. The Labute approximate surface area is 124 Å². The maximum atomic E-state index is 12.8. The van der Waals surface area contributed by atoms with Crippen molar-refractivity contribution in [3.05, 3.63) is 0 Å². The van der Waals surface area contributed by atoms with Crippen molar-refractivity contribution >= 4 is 23.6 Å². The minimum atomic E-state index is -0.264. The van der Waals surface area contributed by atoms with Crippen LogP contribution in [0.3, 0.4) is 0 Å². The fourth-order valence-corrected chi connectivity index (χ4v) is 5.02. The van der Waals surface area contributed by atoms with Gasteiger partial charge in [-0.1, -0.05) is 6.92 Å². The highest BCUT2D eigenvalue weighted by Crippen LogP contribution is 2.47. The summed E-state index contributed by atoms with van der Waals surface area (Å²) in [5.41, 5.74) is 5.85. The molecule has 3 heterocycles. The molecule has 6 heteroatoms. The van der Waals surface area contributed by atoms with E-state index in [0.717, 1.165) is 31.7 Å². The van der Waals surface area contributed by atoms with Crippen molar-refractivity contribution < 1.29 is 9.59 Å². The molecule has 5 nitrogen and oxygen atoms in total. The summed E-state index contributed by atoms with van der Waals surface area (Å²) in [5.74, 6) is 0.988. The number of fused-ring (bicyclic) bond motifs is 1. The molecule has 2 amide bonds. The Kier molecular flexibility index (Phi) is 3.29. The lowest BCUT2D eigenvalue weighted by molar-refractivity contribution is -0.143. The van der Waals surface area contributed by atoms with Crippen molar-refractivity contribution in [1.82, 2.24) is 9.80 Å². The standard InChI is InChI=1S/C14H23N3O2S/c1-13(8-15)5-6-16(9-13)12(19)10-7-20-14(2)4-3-11(18)17(10)14/h10H,3-9,15H2,1-2H3. The second kappa shape index (κ2) is 4.63. The van der Waals surface area contributed by atoms with Crippen molar-refractivity contribution in [3.8, 4) is 0 Å². The summed E-state index contributed by atoms with van der Waals surface area (Å²) in [6.07, 6.45) is 2.40. The predicted octanol–water partition coefficient (Wildman–Crippen LogP) is 0.638. The number of rotatable bonds is 2. The Balaban J connectivity index is 1.74. The van der Waals surface area contributed by atoms with Crippen LogP contribution < -0.4 is 5.73 Å². The number of thioether (sulfide) groups is 1. The van der Waals surface area contributed by atoms with E-state index in [1.54, 1.807) is 11.8 Å². The van der Waals surface area contributed by atoms with Gasteiger partial charge < -0.3 is 15.5 Å². The van der Waals surface area contributed by atoms with Gasteiger partial charge in [0.2, 0.25) is 11.8 Å². The lowest BCUT2D eigenvalue weighted by Crippen LogP contribution is -2.51. The average Bonchev–Trinajstić information content (AvgIpc) is 3.05. The molecule has 3 aliphatic heterocycles. The van der Waals surface area contributed by atoms with Gasteiger partial charge in [-0.15, -0.1) is 11.8 Å². The van der Waals surface area contributed by atoms with E-state index in [0.29, 0.717) is 13.0 Å². The van der Waals surface area contributed by atoms with Crippen molar-refractivity contribution in [2.75, 3.05) is 25.4 Å². The first-order valence-electron chi connectivity index (χ1n) is 7.34. The van der Waals surface area contributed by atoms with E-state index < -0.39 is 0 Å². The maximum absolute atomic E-state index is 12.8. The van der Waals surface area contributed by atoms with Crippen LogP contribution in [0.25, 0.3) is 0 Å². The number of nitrogens with two attached hydrogens (primary N) is 1. The molecule has 0 aromatic rings. The third-order valence-corrected chi connectivity index (χ3v) is 6.60. The molecule has 2 N–H and O–H groups in total. The average molecular weight is 297 g/mol. The molecule has 3 unspecified atom stereocenters. The van der Waals surface area contributed by atoms with Crippen LogP contribution in [-0.4, -0.2) is 57.9 Å². The summed E-state index contributed by atoms with van der Waals surface area (Å²) in [5, 5.41) is 0. The number of hydrogen-bond donors (Lipinski definition) is 1. The lowest BCUT2D eigenvalue weighted by atomic mass is 9.90. The molecule has 3 aliphatic rings. The molecule has 0 aliphatic carbocycles. The first-order valence-corrected chi connectivity index (χ1v) is 8.32. The third-order valence-electron chi connectivity index (χ3n) is 5.09. The van der Waals surface area contributed by atoms with E-state index in [4.69, 9.17) is 5.73 Å². The van der Waals surface area contributed by atoms with Gasteiger partial charge in [-0.25, -0.2) is 0 Å². The normalized spacial score (nSPS) is 40.5. The zero-order valence-electron chi connectivity index (χ0n) is 12.2. The Morgan fingerprint density at radius 3 is 2.85 bits per heavy atom. The minimum absolute atomic E-state index is 0.0414. The molecular weight excluding hydrogens is 274 g/mol. The van der Waals surface area contributed by atoms with Gasteiger partial charge in [0.05, 0.1) is 4.87 Å². The van der Waals surface area contributed by atoms with Crippen molar-refractivity contribution in [3.63, 3.8) is 0 Å². The molecular formula is C14H23N3O2S. The second-order valence-corrected chi connectivity index (χ2v) is 8.29. The van der Waals surface area contributed by atoms with E-state index >= 15 is 0 Å². The van der Waals surface area contributed by atoms with E-state index in [1.807, 2.05) is 9.80 Å². The molecule has 3 fully saturated rings. The zero-order chi connectivity index (χ0) is 14.5. The zero-order valence-corrected chi connectivity index (χ0v) is 13.0. The summed E-state index contributed by atoms with van der Waals surface area (Å²) < 4.78 is 0. The molecule has 20 heavy (non-hydrogen) atoms. The van der Waals surface area contributed by atoms with Gasteiger partial charge in [0.15, 0.2) is 0 Å². The van der Waals surface area contributed by atoms with Crippen LogP contribution in [0, 0.1) is 5.41 Å². The second-order valence-electron chi connectivity index (χ2n) is 6.79. The van der Waals surface area contributed by atoms with E-state index in [1.165, 1.54) is 0 Å². The van der Waals surface area contributed by atoms with Crippen LogP contribution in [0.5, 0.6) is 0 Å². The fourth-order valence-electron chi connectivity index (χ4n) is 3.59. The molecule has 112 valence electrons. The molecule has 3 saturated heterocycles. The number of likely N-dealkylation sites (tertiary alicyclic amines) is 1. The van der Waals surface area contributed by atoms with Crippen LogP contribution in [0.1, 0.15) is 33.1 Å². The first kappa shape index (κ1) is 14.2. The SMILES string of the molecule is CC1(CN)CCN(C(=O)C2CSC3(C)CCC(=O)N23)C1. The van der Waals surface area contributed by atoms with Crippen LogP contribution in [-0.2, 0) is 9.59 Å². The summed E-state index contributed by atoms with van der Waals surface area (Å²) in [7, 11) is 0. The van der Waals surface area contributed by atoms with E-state index in [-0.39, 0.29) is 28.1 Å². The van der Waals surface area contributed by atoms with Crippen LogP contribution in [0.15, 0.2) is 0 Å².